The predicted octanol–water partition coefficient (Wildman–Crippen LogP) is 0.886. The Hall–Kier alpha value is -4.10. The number of piperidine rings is 1. The maximum atomic E-state index is 13.4. The SMILES string of the molecule is O=C(O)CCC(NC(=O)c1cc(CN2CCCC(O)C2)nc(-c2ccccc2)n1)C(=O)N1CCN(C(=O)O)CC1. The second-order valence-corrected chi connectivity index (χ2v) is 10.0. The first-order valence-corrected chi connectivity index (χ1v) is 13.3. The monoisotopic (exact) mass is 554 g/mol. The average Bonchev–Trinajstić information content (AvgIpc) is 2.95. The van der Waals surface area contributed by atoms with Gasteiger partial charge in [0.25, 0.3) is 5.91 Å². The summed E-state index contributed by atoms with van der Waals surface area (Å²) in [5, 5.41) is 31.1. The number of rotatable bonds is 9. The van der Waals surface area contributed by atoms with Gasteiger partial charge in [0, 0.05) is 51.3 Å². The van der Waals surface area contributed by atoms with Gasteiger partial charge in [-0.2, -0.15) is 0 Å². The fourth-order valence-corrected chi connectivity index (χ4v) is 4.91. The van der Waals surface area contributed by atoms with Crippen molar-refractivity contribution in [3.8, 4) is 11.4 Å². The molecule has 0 saturated carbocycles. The molecule has 2 aliphatic heterocycles. The molecule has 2 fully saturated rings. The van der Waals surface area contributed by atoms with Crippen LogP contribution in [0, 0.1) is 0 Å². The number of carboxylic acid groups (broad SMARTS) is 2. The van der Waals surface area contributed by atoms with Crippen LogP contribution >= 0.6 is 0 Å². The summed E-state index contributed by atoms with van der Waals surface area (Å²) >= 11 is 0. The van der Waals surface area contributed by atoms with Crippen LogP contribution in [-0.4, -0.2) is 115 Å². The highest BCUT2D eigenvalue weighted by Gasteiger charge is 2.31. The third-order valence-corrected chi connectivity index (χ3v) is 7.02. The number of piperazine rings is 1. The Morgan fingerprint density at radius 1 is 0.975 bits per heavy atom. The predicted molar refractivity (Wildman–Crippen MR) is 142 cm³/mol. The molecule has 40 heavy (non-hydrogen) atoms. The normalized spacial score (nSPS) is 18.7. The summed E-state index contributed by atoms with van der Waals surface area (Å²) < 4.78 is 0. The highest BCUT2D eigenvalue weighted by atomic mass is 16.4. The van der Waals surface area contributed by atoms with Gasteiger partial charge in [-0.15, -0.1) is 0 Å². The molecular formula is C27H34N6O7. The topological polar surface area (TPSA) is 176 Å². The van der Waals surface area contributed by atoms with Crippen LogP contribution in [0.1, 0.15) is 41.9 Å². The summed E-state index contributed by atoms with van der Waals surface area (Å²) in [5.41, 5.74) is 1.31. The molecule has 1 aromatic heterocycles. The first-order chi connectivity index (χ1) is 19.2. The van der Waals surface area contributed by atoms with Gasteiger partial charge < -0.3 is 30.4 Å². The summed E-state index contributed by atoms with van der Waals surface area (Å²) in [7, 11) is 0. The van der Waals surface area contributed by atoms with Crippen LogP contribution in [0.4, 0.5) is 4.79 Å². The van der Waals surface area contributed by atoms with Crippen LogP contribution in [0.3, 0.4) is 0 Å². The molecule has 0 aliphatic carbocycles. The van der Waals surface area contributed by atoms with Crippen LogP contribution in [0.2, 0.25) is 0 Å². The van der Waals surface area contributed by atoms with Gasteiger partial charge >= 0.3 is 12.1 Å². The quantitative estimate of drug-likeness (QED) is 0.348. The van der Waals surface area contributed by atoms with Gasteiger partial charge in [0.05, 0.1) is 11.8 Å². The van der Waals surface area contributed by atoms with E-state index in [-0.39, 0.29) is 44.7 Å². The maximum absolute atomic E-state index is 13.4. The molecule has 4 N–H and O–H groups in total. The molecular weight excluding hydrogens is 520 g/mol. The molecule has 13 nitrogen and oxygen atoms in total. The zero-order valence-electron chi connectivity index (χ0n) is 22.1. The third-order valence-electron chi connectivity index (χ3n) is 7.02. The van der Waals surface area contributed by atoms with Crippen molar-refractivity contribution in [2.45, 2.75) is 44.4 Å². The van der Waals surface area contributed by atoms with E-state index in [1.54, 1.807) is 6.07 Å². The van der Waals surface area contributed by atoms with Crippen molar-refractivity contribution in [2.24, 2.45) is 0 Å². The zero-order chi connectivity index (χ0) is 28.6. The van der Waals surface area contributed by atoms with Crippen molar-refractivity contribution in [2.75, 3.05) is 39.3 Å². The third kappa shape index (κ3) is 7.73. The molecule has 2 aromatic rings. The van der Waals surface area contributed by atoms with E-state index in [1.807, 2.05) is 30.3 Å². The van der Waals surface area contributed by atoms with E-state index in [0.29, 0.717) is 30.2 Å². The van der Waals surface area contributed by atoms with Crippen molar-refractivity contribution in [3.05, 3.63) is 47.8 Å². The fraction of sp³-hybridized carbons (Fsp3) is 0.481. The summed E-state index contributed by atoms with van der Waals surface area (Å²) in [6.07, 6.45) is -0.387. The Morgan fingerprint density at radius 2 is 1.68 bits per heavy atom. The smallest absolute Gasteiger partial charge is 0.407 e. The molecule has 2 atom stereocenters. The van der Waals surface area contributed by atoms with Crippen LogP contribution < -0.4 is 5.32 Å². The van der Waals surface area contributed by atoms with Crippen LogP contribution in [0.15, 0.2) is 36.4 Å². The van der Waals surface area contributed by atoms with Crippen molar-refractivity contribution >= 4 is 23.9 Å². The number of carbonyl (C=O) groups is 4. The molecule has 13 heteroatoms. The van der Waals surface area contributed by atoms with E-state index in [0.717, 1.165) is 19.4 Å². The lowest BCUT2D eigenvalue weighted by molar-refractivity contribution is -0.138. The number of benzene rings is 1. The van der Waals surface area contributed by atoms with E-state index >= 15 is 0 Å². The number of likely N-dealkylation sites (tertiary alicyclic amines) is 1. The molecule has 4 rings (SSSR count). The van der Waals surface area contributed by atoms with Gasteiger partial charge in [0.1, 0.15) is 11.7 Å². The molecule has 214 valence electrons. The Balaban J connectivity index is 1.56. The highest BCUT2D eigenvalue weighted by Crippen LogP contribution is 2.19. The number of aliphatic hydroxyl groups is 1. The number of aliphatic hydroxyl groups excluding tert-OH is 1. The summed E-state index contributed by atoms with van der Waals surface area (Å²) in [5.74, 6) is -1.90. The number of carboxylic acids is 1. The fourth-order valence-electron chi connectivity index (χ4n) is 4.91. The number of hydrogen-bond acceptors (Lipinski definition) is 8. The molecule has 0 radical (unpaired) electrons. The zero-order valence-corrected chi connectivity index (χ0v) is 22.1. The van der Waals surface area contributed by atoms with Gasteiger partial charge in [-0.05, 0) is 31.9 Å². The second-order valence-electron chi connectivity index (χ2n) is 10.0. The molecule has 2 unspecified atom stereocenters. The van der Waals surface area contributed by atoms with Gasteiger partial charge in [-0.25, -0.2) is 14.8 Å². The van der Waals surface area contributed by atoms with Gasteiger partial charge in [-0.1, -0.05) is 30.3 Å². The van der Waals surface area contributed by atoms with E-state index in [1.165, 1.54) is 9.80 Å². The minimum Gasteiger partial charge on any atom is -0.481 e. The Kier molecular flexibility index (Phi) is 9.61. The molecule has 3 amide bonds. The number of carbonyl (C=O) groups excluding carboxylic acids is 2. The molecule has 2 saturated heterocycles. The van der Waals surface area contributed by atoms with Crippen LogP contribution in [-0.2, 0) is 16.1 Å². The minimum absolute atomic E-state index is 0.0326. The average molecular weight is 555 g/mol. The number of nitrogens with one attached hydrogen (secondary N) is 1. The number of aliphatic carboxylic acids is 1. The minimum atomic E-state index is -1.13. The van der Waals surface area contributed by atoms with Crippen molar-refractivity contribution in [1.29, 1.82) is 0 Å². The van der Waals surface area contributed by atoms with Crippen molar-refractivity contribution in [3.63, 3.8) is 0 Å². The number of aromatic nitrogens is 2. The number of nitrogens with zero attached hydrogens (tertiary/aromatic N) is 5. The number of amides is 3. The van der Waals surface area contributed by atoms with E-state index in [4.69, 9.17) is 0 Å². The number of hydrogen-bond donors (Lipinski definition) is 4. The highest BCUT2D eigenvalue weighted by molar-refractivity contribution is 5.96. The lowest BCUT2D eigenvalue weighted by atomic mass is 10.1. The lowest BCUT2D eigenvalue weighted by Gasteiger charge is -2.35. The molecule has 0 spiro atoms. The Labute approximate surface area is 231 Å². The molecule has 3 heterocycles. The maximum Gasteiger partial charge on any atom is 0.407 e. The van der Waals surface area contributed by atoms with Crippen LogP contribution in [0.25, 0.3) is 11.4 Å². The molecule has 2 aliphatic rings. The van der Waals surface area contributed by atoms with Gasteiger partial charge in [0.2, 0.25) is 5.91 Å². The molecule has 0 bridgehead atoms. The summed E-state index contributed by atoms with van der Waals surface area (Å²) in [4.78, 5) is 63.0. The standard InChI is InChI=1S/C27H34N6O7/c34-20-7-4-10-31(17-20)16-19-15-22(29-24(28-19)18-5-2-1-3-6-18)25(37)30-21(8-9-23(35)36)26(38)32-11-13-33(14-12-32)27(39)40/h1-3,5-6,15,20-21,34H,4,7-14,16-17H2,(H,30,37)(H,35,36)(H,39,40). The number of β-amino-alcohol motifs (C(OH)–C–C–N with tert-alkyl or cyclic N) is 1. The van der Waals surface area contributed by atoms with E-state index in [9.17, 15) is 34.5 Å². The summed E-state index contributed by atoms with van der Waals surface area (Å²) in [6, 6.07) is 9.57. The summed E-state index contributed by atoms with van der Waals surface area (Å²) in [6.45, 7) is 2.21. The van der Waals surface area contributed by atoms with Crippen LogP contribution in [0.5, 0.6) is 0 Å². The largest absolute Gasteiger partial charge is 0.481 e. The van der Waals surface area contributed by atoms with Crippen molar-refractivity contribution < 1.29 is 34.5 Å². The van der Waals surface area contributed by atoms with Crippen molar-refractivity contribution in [1.82, 2.24) is 30.0 Å². The Morgan fingerprint density at radius 3 is 2.33 bits per heavy atom. The first kappa shape index (κ1) is 28.9. The second kappa shape index (κ2) is 13.3. The Bertz CT molecular complexity index is 1220. The van der Waals surface area contributed by atoms with Gasteiger partial charge in [-0.3, -0.25) is 19.3 Å². The van der Waals surface area contributed by atoms with E-state index < -0.39 is 36.0 Å². The molecule has 1 aromatic carbocycles. The van der Waals surface area contributed by atoms with Gasteiger partial charge in [0.15, 0.2) is 5.82 Å². The first-order valence-electron chi connectivity index (χ1n) is 13.3. The van der Waals surface area contributed by atoms with E-state index in [2.05, 4.69) is 20.2 Å². The lowest BCUT2D eigenvalue weighted by Crippen LogP contribution is -2.55.